The minimum Gasteiger partial charge on any atom is -0.435 e. The Labute approximate surface area is 144 Å². The highest BCUT2D eigenvalue weighted by Crippen LogP contribution is 2.18. The van der Waals surface area contributed by atoms with Crippen LogP contribution in [-0.4, -0.2) is 30.8 Å². The molecule has 0 aliphatic rings. The van der Waals surface area contributed by atoms with E-state index in [4.69, 9.17) is 12.2 Å². The van der Waals surface area contributed by atoms with Crippen molar-refractivity contribution >= 4 is 28.8 Å². The van der Waals surface area contributed by atoms with Gasteiger partial charge in [-0.3, -0.25) is 0 Å². The summed E-state index contributed by atoms with van der Waals surface area (Å²) in [5, 5.41) is 6.50. The average Bonchev–Trinajstić information content (AvgIpc) is 2.54. The zero-order valence-electron chi connectivity index (χ0n) is 13.3. The van der Waals surface area contributed by atoms with Gasteiger partial charge in [-0.25, -0.2) is 4.98 Å². The van der Waals surface area contributed by atoms with Crippen LogP contribution in [0.3, 0.4) is 0 Å². The number of aromatic nitrogens is 1. The Kier molecular flexibility index (Phi) is 6.25. The summed E-state index contributed by atoms with van der Waals surface area (Å²) in [7, 11) is 3.84. The molecular formula is C16H18F2N4OS. The molecule has 5 nitrogen and oxygen atoms in total. The van der Waals surface area contributed by atoms with Crippen LogP contribution in [0, 0.1) is 0 Å². The molecule has 0 atom stereocenters. The molecule has 1 aromatic heterocycles. The van der Waals surface area contributed by atoms with Gasteiger partial charge in [0.05, 0.1) is 0 Å². The molecular weight excluding hydrogens is 334 g/mol. The van der Waals surface area contributed by atoms with Gasteiger partial charge < -0.3 is 20.3 Å². The largest absolute Gasteiger partial charge is 0.435 e. The van der Waals surface area contributed by atoms with E-state index in [0.717, 1.165) is 11.4 Å². The summed E-state index contributed by atoms with van der Waals surface area (Å²) >= 11 is 5.24. The normalized spacial score (nSPS) is 10.4. The summed E-state index contributed by atoms with van der Waals surface area (Å²) in [4.78, 5) is 6.25. The third-order valence-corrected chi connectivity index (χ3v) is 3.31. The van der Waals surface area contributed by atoms with E-state index in [1.807, 2.05) is 31.1 Å². The fraction of sp³-hybridized carbons (Fsp3) is 0.250. The van der Waals surface area contributed by atoms with E-state index < -0.39 is 6.61 Å². The molecule has 1 aromatic carbocycles. The predicted octanol–water partition coefficient (Wildman–Crippen LogP) is 3.24. The topological polar surface area (TPSA) is 49.4 Å². The highest BCUT2D eigenvalue weighted by Gasteiger charge is 2.07. The Bertz CT molecular complexity index is 680. The van der Waals surface area contributed by atoms with Crippen molar-refractivity contribution in [2.24, 2.45) is 0 Å². The van der Waals surface area contributed by atoms with Gasteiger partial charge >= 0.3 is 6.61 Å². The van der Waals surface area contributed by atoms with Crippen LogP contribution >= 0.6 is 12.2 Å². The molecule has 0 spiro atoms. The van der Waals surface area contributed by atoms with Crippen molar-refractivity contribution in [1.82, 2.24) is 10.3 Å². The van der Waals surface area contributed by atoms with Gasteiger partial charge in [0.25, 0.3) is 0 Å². The van der Waals surface area contributed by atoms with Gasteiger partial charge in [-0.15, -0.1) is 0 Å². The third kappa shape index (κ3) is 5.31. The number of nitrogens with one attached hydrogen (secondary N) is 2. The van der Waals surface area contributed by atoms with E-state index in [1.54, 1.807) is 18.3 Å². The number of hydrogen-bond acceptors (Lipinski definition) is 4. The number of alkyl halides is 2. The number of pyridine rings is 1. The predicted molar refractivity (Wildman–Crippen MR) is 94.7 cm³/mol. The number of halogens is 2. The molecule has 1 heterocycles. The zero-order chi connectivity index (χ0) is 17.5. The molecule has 0 unspecified atom stereocenters. The molecule has 128 valence electrons. The molecule has 2 N–H and O–H groups in total. The molecule has 8 heteroatoms. The first kappa shape index (κ1) is 17.9. The summed E-state index contributed by atoms with van der Waals surface area (Å²) in [5.41, 5.74) is 1.68. The summed E-state index contributed by atoms with van der Waals surface area (Å²) in [6.07, 6.45) is 1.73. The Balaban J connectivity index is 1.90. The first-order valence-corrected chi connectivity index (χ1v) is 7.57. The van der Waals surface area contributed by atoms with Crippen LogP contribution in [0.1, 0.15) is 5.56 Å². The molecule has 0 saturated carbocycles. The second-order valence-corrected chi connectivity index (χ2v) is 5.50. The molecule has 2 rings (SSSR count). The van der Waals surface area contributed by atoms with Crippen molar-refractivity contribution in [3.8, 4) is 5.75 Å². The number of anilines is 2. The van der Waals surface area contributed by atoms with Crippen LogP contribution in [0.4, 0.5) is 20.3 Å². The number of rotatable bonds is 6. The molecule has 0 radical (unpaired) electrons. The average molecular weight is 352 g/mol. The lowest BCUT2D eigenvalue weighted by molar-refractivity contribution is -0.0498. The second-order valence-electron chi connectivity index (χ2n) is 5.09. The summed E-state index contributed by atoms with van der Waals surface area (Å²) in [6, 6.07) is 9.95. The number of thiocarbonyl (C=S) groups is 1. The second kappa shape index (κ2) is 8.39. The molecule has 0 aliphatic heterocycles. The lowest BCUT2D eigenvalue weighted by atomic mass is 10.2. The van der Waals surface area contributed by atoms with Gasteiger partial charge in [0.15, 0.2) is 5.11 Å². The van der Waals surface area contributed by atoms with Crippen molar-refractivity contribution in [3.63, 3.8) is 0 Å². The molecule has 0 saturated heterocycles. The quantitative estimate of drug-likeness (QED) is 0.779. The number of benzene rings is 1. The van der Waals surface area contributed by atoms with Crippen molar-refractivity contribution in [1.29, 1.82) is 0 Å². The van der Waals surface area contributed by atoms with Crippen molar-refractivity contribution in [2.75, 3.05) is 24.3 Å². The maximum absolute atomic E-state index is 12.1. The van der Waals surface area contributed by atoms with E-state index in [1.165, 1.54) is 12.1 Å². The van der Waals surface area contributed by atoms with Gasteiger partial charge in [-0.05, 0) is 42.5 Å². The number of nitrogens with zero attached hydrogens (tertiary/aromatic N) is 2. The molecule has 0 fully saturated rings. The van der Waals surface area contributed by atoms with Gasteiger partial charge in [-0.1, -0.05) is 6.07 Å². The Morgan fingerprint density at radius 1 is 1.25 bits per heavy atom. The van der Waals surface area contributed by atoms with E-state index in [0.29, 0.717) is 17.3 Å². The third-order valence-electron chi connectivity index (χ3n) is 3.07. The standard InChI is InChI=1S/C16H18F2N4OS/c1-22(2)14-11(4-3-9-19-14)10-20-16(24)21-12-5-7-13(8-6-12)23-15(17)18/h3-9,15H,10H2,1-2H3,(H2,20,21,24). The fourth-order valence-electron chi connectivity index (χ4n) is 2.04. The van der Waals surface area contributed by atoms with Crippen LogP contribution in [-0.2, 0) is 6.54 Å². The van der Waals surface area contributed by atoms with E-state index in [2.05, 4.69) is 20.4 Å². The highest BCUT2D eigenvalue weighted by atomic mass is 32.1. The molecule has 0 amide bonds. The molecule has 24 heavy (non-hydrogen) atoms. The maximum atomic E-state index is 12.1. The van der Waals surface area contributed by atoms with Gasteiger partial charge in [-0.2, -0.15) is 8.78 Å². The molecule has 0 bridgehead atoms. The van der Waals surface area contributed by atoms with Gasteiger partial charge in [0, 0.05) is 38.1 Å². The summed E-state index contributed by atoms with van der Waals surface area (Å²) in [6.45, 7) is -2.32. The van der Waals surface area contributed by atoms with Crippen LogP contribution in [0.25, 0.3) is 0 Å². The Morgan fingerprint density at radius 2 is 1.96 bits per heavy atom. The highest BCUT2D eigenvalue weighted by molar-refractivity contribution is 7.80. The lowest BCUT2D eigenvalue weighted by Gasteiger charge is -2.17. The lowest BCUT2D eigenvalue weighted by Crippen LogP contribution is -2.28. The van der Waals surface area contributed by atoms with Crippen molar-refractivity contribution < 1.29 is 13.5 Å². The first-order chi connectivity index (χ1) is 11.5. The molecule has 0 aliphatic carbocycles. The van der Waals surface area contributed by atoms with Crippen molar-refractivity contribution in [3.05, 3.63) is 48.2 Å². The molecule has 2 aromatic rings. The van der Waals surface area contributed by atoms with E-state index in [-0.39, 0.29) is 5.75 Å². The summed E-state index contributed by atoms with van der Waals surface area (Å²) in [5.74, 6) is 0.960. The maximum Gasteiger partial charge on any atom is 0.387 e. The van der Waals surface area contributed by atoms with Crippen LogP contribution in [0.2, 0.25) is 0 Å². The van der Waals surface area contributed by atoms with Crippen LogP contribution in [0.15, 0.2) is 42.6 Å². The Hall–Kier alpha value is -2.48. The monoisotopic (exact) mass is 352 g/mol. The van der Waals surface area contributed by atoms with E-state index in [9.17, 15) is 8.78 Å². The Morgan fingerprint density at radius 3 is 2.58 bits per heavy atom. The van der Waals surface area contributed by atoms with Gasteiger partial charge in [0.1, 0.15) is 11.6 Å². The smallest absolute Gasteiger partial charge is 0.387 e. The SMILES string of the molecule is CN(C)c1ncccc1CNC(=S)Nc1ccc(OC(F)F)cc1. The first-order valence-electron chi connectivity index (χ1n) is 7.16. The minimum absolute atomic E-state index is 0.0976. The van der Waals surface area contributed by atoms with Gasteiger partial charge in [0.2, 0.25) is 0 Å². The minimum atomic E-state index is -2.84. The zero-order valence-corrected chi connectivity index (χ0v) is 14.1. The van der Waals surface area contributed by atoms with Crippen molar-refractivity contribution in [2.45, 2.75) is 13.2 Å². The van der Waals surface area contributed by atoms with Crippen LogP contribution < -0.4 is 20.3 Å². The van der Waals surface area contributed by atoms with E-state index >= 15 is 0 Å². The number of ether oxygens (including phenoxy) is 1. The number of hydrogen-bond donors (Lipinski definition) is 2. The fourth-order valence-corrected chi connectivity index (χ4v) is 2.23. The summed E-state index contributed by atoms with van der Waals surface area (Å²) < 4.78 is 28.5. The van der Waals surface area contributed by atoms with Crippen LogP contribution in [0.5, 0.6) is 5.75 Å².